The predicted molar refractivity (Wildman–Crippen MR) is 80.0 cm³/mol. The van der Waals surface area contributed by atoms with Crippen LogP contribution < -0.4 is 5.32 Å². The zero-order valence-corrected chi connectivity index (χ0v) is 12.2. The molecule has 0 radical (unpaired) electrons. The number of amides is 1. The van der Waals surface area contributed by atoms with Gasteiger partial charge in [0.25, 0.3) is 0 Å². The van der Waals surface area contributed by atoms with Gasteiger partial charge in [0.2, 0.25) is 5.91 Å². The number of phenols is 1. The average molecular weight is 305 g/mol. The first-order valence-electron chi connectivity index (χ1n) is 6.22. The lowest BCUT2D eigenvalue weighted by Crippen LogP contribution is -2.14. The number of sulfone groups is 1. The molecule has 0 aliphatic rings. The lowest BCUT2D eigenvalue weighted by atomic mass is 10.1. The fourth-order valence-corrected chi connectivity index (χ4v) is 2.46. The summed E-state index contributed by atoms with van der Waals surface area (Å²) in [7, 11) is -3.23. The third kappa shape index (κ3) is 4.32. The summed E-state index contributed by atoms with van der Waals surface area (Å²) in [4.78, 5) is 12.1. The van der Waals surface area contributed by atoms with Gasteiger partial charge in [0.15, 0.2) is 9.84 Å². The van der Waals surface area contributed by atoms with Crippen LogP contribution in [0, 0.1) is 0 Å². The van der Waals surface area contributed by atoms with Gasteiger partial charge in [-0.2, -0.15) is 0 Å². The molecule has 110 valence electrons. The van der Waals surface area contributed by atoms with Crippen molar-refractivity contribution in [1.82, 2.24) is 0 Å². The molecule has 0 spiro atoms. The molecule has 1 amide bonds. The minimum absolute atomic E-state index is 0.0744. The minimum atomic E-state index is -3.23. The summed E-state index contributed by atoms with van der Waals surface area (Å²) in [5, 5.41) is 12.0. The Morgan fingerprint density at radius 2 is 1.81 bits per heavy atom. The molecule has 0 aliphatic heterocycles. The second-order valence-electron chi connectivity index (χ2n) is 4.69. The van der Waals surface area contributed by atoms with Gasteiger partial charge in [-0.1, -0.05) is 18.2 Å². The summed E-state index contributed by atoms with van der Waals surface area (Å²) < 4.78 is 22.7. The van der Waals surface area contributed by atoms with E-state index >= 15 is 0 Å². The summed E-state index contributed by atoms with van der Waals surface area (Å²) in [6, 6.07) is 12.4. The van der Waals surface area contributed by atoms with Gasteiger partial charge in [0.05, 0.1) is 11.3 Å². The number of phenolic OH excluding ortho intramolecular Hbond substituents is 1. The van der Waals surface area contributed by atoms with Crippen LogP contribution in [0.4, 0.5) is 5.69 Å². The normalized spacial score (nSPS) is 11.1. The molecule has 0 unspecified atom stereocenters. The topological polar surface area (TPSA) is 83.5 Å². The second kappa shape index (κ2) is 5.97. The number of carbonyl (C=O) groups is 1. The lowest BCUT2D eigenvalue weighted by Gasteiger charge is -2.06. The van der Waals surface area contributed by atoms with Crippen molar-refractivity contribution in [3.05, 3.63) is 54.1 Å². The number of hydrogen-bond donors (Lipinski definition) is 2. The average Bonchev–Trinajstić information content (AvgIpc) is 2.38. The zero-order valence-electron chi connectivity index (χ0n) is 11.4. The van der Waals surface area contributed by atoms with Crippen molar-refractivity contribution >= 4 is 21.4 Å². The van der Waals surface area contributed by atoms with Gasteiger partial charge in [-0.05, 0) is 29.8 Å². The smallest absolute Gasteiger partial charge is 0.228 e. The quantitative estimate of drug-likeness (QED) is 0.904. The molecule has 21 heavy (non-hydrogen) atoms. The Balaban J connectivity index is 2.03. The number of hydrogen-bond acceptors (Lipinski definition) is 4. The fourth-order valence-electron chi connectivity index (χ4n) is 1.83. The van der Waals surface area contributed by atoms with E-state index in [1.807, 2.05) is 0 Å². The molecule has 2 rings (SSSR count). The van der Waals surface area contributed by atoms with Crippen LogP contribution in [-0.2, 0) is 21.1 Å². The molecule has 0 aromatic heterocycles. The van der Waals surface area contributed by atoms with Gasteiger partial charge in [0.1, 0.15) is 5.75 Å². The highest BCUT2D eigenvalue weighted by Gasteiger charge is 2.08. The maximum atomic E-state index is 11.9. The van der Waals surface area contributed by atoms with Gasteiger partial charge < -0.3 is 10.4 Å². The van der Waals surface area contributed by atoms with E-state index in [1.165, 1.54) is 24.3 Å². The molecular weight excluding hydrogens is 290 g/mol. The van der Waals surface area contributed by atoms with Gasteiger partial charge >= 0.3 is 0 Å². The Morgan fingerprint density at radius 1 is 1.14 bits per heavy atom. The summed E-state index contributed by atoms with van der Waals surface area (Å²) in [5.74, 6) is -0.169. The summed E-state index contributed by atoms with van der Waals surface area (Å²) in [5.41, 5.74) is 1.22. The molecule has 2 aromatic rings. The van der Waals surface area contributed by atoms with Crippen LogP contribution in [-0.4, -0.2) is 25.7 Å². The van der Waals surface area contributed by atoms with E-state index in [1.54, 1.807) is 24.3 Å². The maximum absolute atomic E-state index is 11.9. The fraction of sp³-hybridized carbons (Fsp3) is 0.133. The molecule has 0 saturated heterocycles. The first-order valence-corrected chi connectivity index (χ1v) is 8.11. The summed E-state index contributed by atoms with van der Waals surface area (Å²) in [6.45, 7) is 0. The first kappa shape index (κ1) is 15.1. The van der Waals surface area contributed by atoms with Crippen LogP contribution in [0.25, 0.3) is 0 Å². The van der Waals surface area contributed by atoms with Crippen molar-refractivity contribution < 1.29 is 18.3 Å². The van der Waals surface area contributed by atoms with E-state index in [2.05, 4.69) is 5.32 Å². The van der Waals surface area contributed by atoms with Crippen LogP contribution >= 0.6 is 0 Å². The molecule has 0 aliphatic carbocycles. The van der Waals surface area contributed by atoms with E-state index in [0.717, 1.165) is 6.26 Å². The van der Waals surface area contributed by atoms with Crippen LogP contribution in [0.15, 0.2) is 53.4 Å². The number of nitrogens with one attached hydrogen (secondary N) is 1. The monoisotopic (exact) mass is 305 g/mol. The molecule has 2 N–H and O–H groups in total. The molecule has 0 atom stereocenters. The van der Waals surface area contributed by atoms with Crippen molar-refractivity contribution in [3.8, 4) is 5.75 Å². The molecule has 6 heteroatoms. The Labute approximate surface area is 123 Å². The van der Waals surface area contributed by atoms with E-state index in [4.69, 9.17) is 0 Å². The predicted octanol–water partition coefficient (Wildman–Crippen LogP) is 1.98. The van der Waals surface area contributed by atoms with E-state index < -0.39 is 9.84 Å². The zero-order chi connectivity index (χ0) is 15.5. The number of aromatic hydroxyl groups is 1. The highest BCUT2D eigenvalue weighted by molar-refractivity contribution is 7.90. The van der Waals surface area contributed by atoms with Crippen molar-refractivity contribution in [2.45, 2.75) is 11.3 Å². The Morgan fingerprint density at radius 3 is 2.38 bits per heavy atom. The van der Waals surface area contributed by atoms with Crippen molar-refractivity contribution in [3.63, 3.8) is 0 Å². The van der Waals surface area contributed by atoms with Crippen LogP contribution in [0.3, 0.4) is 0 Å². The van der Waals surface area contributed by atoms with Crippen LogP contribution in [0.5, 0.6) is 5.75 Å². The molecule has 0 fully saturated rings. The molecule has 5 nitrogen and oxygen atoms in total. The lowest BCUT2D eigenvalue weighted by molar-refractivity contribution is -0.115. The summed E-state index contributed by atoms with van der Waals surface area (Å²) >= 11 is 0. The maximum Gasteiger partial charge on any atom is 0.228 e. The Kier molecular flexibility index (Phi) is 4.28. The number of anilines is 1. The van der Waals surface area contributed by atoms with E-state index in [9.17, 15) is 18.3 Å². The third-order valence-electron chi connectivity index (χ3n) is 2.85. The van der Waals surface area contributed by atoms with E-state index in [0.29, 0.717) is 11.3 Å². The molecule has 0 saturated carbocycles. The van der Waals surface area contributed by atoms with Gasteiger partial charge in [0, 0.05) is 18.0 Å². The van der Waals surface area contributed by atoms with Gasteiger partial charge in [-0.25, -0.2) is 8.42 Å². The number of rotatable bonds is 4. The first-order chi connectivity index (χ1) is 9.84. The van der Waals surface area contributed by atoms with Crippen LogP contribution in [0.1, 0.15) is 5.56 Å². The Hall–Kier alpha value is -2.34. The van der Waals surface area contributed by atoms with Crippen LogP contribution in [0.2, 0.25) is 0 Å². The molecular formula is C15H15NO4S. The SMILES string of the molecule is CS(=O)(=O)c1ccc(CC(=O)Nc2cccc(O)c2)cc1. The molecule has 0 bridgehead atoms. The number of carbonyl (C=O) groups excluding carboxylic acids is 1. The second-order valence-corrected chi connectivity index (χ2v) is 6.71. The van der Waals surface area contributed by atoms with Crippen molar-refractivity contribution in [2.75, 3.05) is 11.6 Å². The van der Waals surface area contributed by atoms with Gasteiger partial charge in [-0.15, -0.1) is 0 Å². The van der Waals surface area contributed by atoms with E-state index in [-0.39, 0.29) is 23.0 Å². The standard InChI is InChI=1S/C15H15NO4S/c1-21(19,20)14-7-5-11(6-8-14)9-15(18)16-12-3-2-4-13(17)10-12/h2-8,10,17H,9H2,1H3,(H,16,18). The van der Waals surface area contributed by atoms with Gasteiger partial charge in [-0.3, -0.25) is 4.79 Å². The highest BCUT2D eigenvalue weighted by Crippen LogP contribution is 2.16. The van der Waals surface area contributed by atoms with Crippen molar-refractivity contribution in [2.24, 2.45) is 0 Å². The minimum Gasteiger partial charge on any atom is -0.508 e. The largest absolute Gasteiger partial charge is 0.508 e. The number of benzene rings is 2. The highest BCUT2D eigenvalue weighted by atomic mass is 32.2. The Bertz CT molecular complexity index is 751. The molecule has 0 heterocycles. The summed E-state index contributed by atoms with van der Waals surface area (Å²) in [6.07, 6.45) is 1.26. The van der Waals surface area contributed by atoms with Crippen molar-refractivity contribution in [1.29, 1.82) is 0 Å². The third-order valence-corrected chi connectivity index (χ3v) is 3.97. The molecule has 2 aromatic carbocycles.